The lowest BCUT2D eigenvalue weighted by atomic mass is 10.1. The van der Waals surface area contributed by atoms with E-state index in [1.165, 1.54) is 11.8 Å². The molecule has 2 amide bonds. The Balaban J connectivity index is 2.00. The van der Waals surface area contributed by atoms with E-state index in [4.69, 9.17) is 23.2 Å². The van der Waals surface area contributed by atoms with Crippen LogP contribution in [0.1, 0.15) is 23.6 Å². The number of hydrogen-bond acceptors (Lipinski definition) is 2. The molecule has 0 radical (unpaired) electrons. The van der Waals surface area contributed by atoms with Gasteiger partial charge in [0.25, 0.3) is 0 Å². The summed E-state index contributed by atoms with van der Waals surface area (Å²) in [5, 5.41) is 3.99. The molecule has 6 heteroatoms. The van der Waals surface area contributed by atoms with Gasteiger partial charge in [-0.25, -0.2) is 0 Å². The molecule has 0 aromatic heterocycles. The van der Waals surface area contributed by atoms with E-state index in [2.05, 4.69) is 5.32 Å². The van der Waals surface area contributed by atoms with Gasteiger partial charge in [0, 0.05) is 18.5 Å². The van der Waals surface area contributed by atoms with E-state index >= 15 is 0 Å². The molecule has 0 heterocycles. The van der Waals surface area contributed by atoms with Gasteiger partial charge in [0.1, 0.15) is 6.54 Å². The Bertz CT molecular complexity index is 781. The molecule has 0 saturated heterocycles. The molecule has 4 nitrogen and oxygen atoms in total. The van der Waals surface area contributed by atoms with Crippen LogP contribution < -0.4 is 10.2 Å². The lowest BCUT2D eigenvalue weighted by molar-refractivity contribution is -0.123. The van der Waals surface area contributed by atoms with Crippen LogP contribution in [-0.2, 0) is 16.0 Å². The number of benzene rings is 2. The standard InChI is InChI=1S/C20H22Cl2N2O2/c1-13-10-14(2)20(18(22)11-13)24(15(3)25)12-19(26)23-9-8-16-4-6-17(21)7-5-16/h4-7,10-11H,8-9,12H2,1-3H3,(H,23,26). The highest BCUT2D eigenvalue weighted by molar-refractivity contribution is 6.34. The molecule has 0 aliphatic heterocycles. The first-order valence-electron chi connectivity index (χ1n) is 8.34. The minimum absolute atomic E-state index is 0.0699. The highest BCUT2D eigenvalue weighted by atomic mass is 35.5. The van der Waals surface area contributed by atoms with Crippen LogP contribution in [0.25, 0.3) is 0 Å². The number of hydrogen-bond donors (Lipinski definition) is 1. The summed E-state index contributed by atoms with van der Waals surface area (Å²) in [6.07, 6.45) is 0.688. The second-order valence-corrected chi connectivity index (χ2v) is 7.09. The molecule has 0 saturated carbocycles. The van der Waals surface area contributed by atoms with Gasteiger partial charge in [0.05, 0.1) is 10.7 Å². The molecule has 0 atom stereocenters. The summed E-state index contributed by atoms with van der Waals surface area (Å²) < 4.78 is 0. The lowest BCUT2D eigenvalue weighted by Crippen LogP contribution is -2.40. The highest BCUT2D eigenvalue weighted by Gasteiger charge is 2.20. The molecule has 0 aliphatic carbocycles. The molecular weight excluding hydrogens is 371 g/mol. The van der Waals surface area contributed by atoms with Crippen molar-refractivity contribution in [2.45, 2.75) is 27.2 Å². The van der Waals surface area contributed by atoms with E-state index in [1.807, 2.05) is 44.2 Å². The Labute approximate surface area is 164 Å². The Kier molecular flexibility index (Phi) is 7.06. The maximum absolute atomic E-state index is 12.3. The Morgan fingerprint density at radius 2 is 1.73 bits per heavy atom. The van der Waals surface area contributed by atoms with Crippen molar-refractivity contribution in [3.63, 3.8) is 0 Å². The summed E-state index contributed by atoms with van der Waals surface area (Å²) in [5.41, 5.74) is 3.53. The van der Waals surface area contributed by atoms with E-state index in [0.29, 0.717) is 28.7 Å². The molecule has 2 aromatic carbocycles. The summed E-state index contributed by atoms with van der Waals surface area (Å²) in [7, 11) is 0. The zero-order valence-electron chi connectivity index (χ0n) is 15.1. The number of anilines is 1. The van der Waals surface area contributed by atoms with Crippen molar-refractivity contribution in [1.29, 1.82) is 0 Å². The summed E-state index contributed by atoms with van der Waals surface area (Å²) in [6, 6.07) is 11.2. The first-order chi connectivity index (χ1) is 12.3. The van der Waals surface area contributed by atoms with E-state index in [0.717, 1.165) is 16.7 Å². The Morgan fingerprint density at radius 3 is 2.31 bits per heavy atom. The van der Waals surface area contributed by atoms with E-state index in [1.54, 1.807) is 6.07 Å². The van der Waals surface area contributed by atoms with Crippen LogP contribution in [0.3, 0.4) is 0 Å². The number of carbonyl (C=O) groups is 2. The average molecular weight is 393 g/mol. The average Bonchev–Trinajstić information content (AvgIpc) is 2.54. The summed E-state index contributed by atoms with van der Waals surface area (Å²) in [4.78, 5) is 25.8. The summed E-state index contributed by atoms with van der Waals surface area (Å²) >= 11 is 12.2. The number of amides is 2. The van der Waals surface area contributed by atoms with Crippen LogP contribution in [0.4, 0.5) is 5.69 Å². The molecular formula is C20H22Cl2N2O2. The van der Waals surface area contributed by atoms with Crippen LogP contribution in [0.5, 0.6) is 0 Å². The van der Waals surface area contributed by atoms with Crippen molar-refractivity contribution < 1.29 is 9.59 Å². The van der Waals surface area contributed by atoms with Gasteiger partial charge >= 0.3 is 0 Å². The van der Waals surface area contributed by atoms with E-state index < -0.39 is 0 Å². The van der Waals surface area contributed by atoms with Crippen LogP contribution in [0.15, 0.2) is 36.4 Å². The Hall–Kier alpha value is -2.04. The number of carbonyl (C=O) groups excluding carboxylic acids is 2. The number of aryl methyl sites for hydroxylation is 2. The van der Waals surface area contributed by atoms with E-state index in [-0.39, 0.29) is 18.4 Å². The van der Waals surface area contributed by atoms with Crippen LogP contribution in [-0.4, -0.2) is 24.9 Å². The maximum Gasteiger partial charge on any atom is 0.240 e. The molecule has 0 aliphatic rings. The monoisotopic (exact) mass is 392 g/mol. The first kappa shape index (κ1) is 20.3. The fraction of sp³-hybridized carbons (Fsp3) is 0.300. The second kappa shape index (κ2) is 9.06. The maximum atomic E-state index is 12.3. The molecule has 26 heavy (non-hydrogen) atoms. The molecule has 138 valence electrons. The largest absolute Gasteiger partial charge is 0.354 e. The third kappa shape index (κ3) is 5.48. The second-order valence-electron chi connectivity index (χ2n) is 6.24. The molecule has 1 N–H and O–H groups in total. The molecule has 0 unspecified atom stereocenters. The normalized spacial score (nSPS) is 10.5. The third-order valence-electron chi connectivity index (χ3n) is 4.00. The Morgan fingerprint density at radius 1 is 1.08 bits per heavy atom. The zero-order chi connectivity index (χ0) is 19.3. The van der Waals surface area contributed by atoms with E-state index in [9.17, 15) is 9.59 Å². The van der Waals surface area contributed by atoms with Crippen LogP contribution in [0, 0.1) is 13.8 Å². The van der Waals surface area contributed by atoms with Crippen molar-refractivity contribution >= 4 is 40.7 Å². The summed E-state index contributed by atoms with van der Waals surface area (Å²) in [5.74, 6) is -0.461. The third-order valence-corrected chi connectivity index (χ3v) is 4.54. The van der Waals surface area contributed by atoms with Gasteiger partial charge < -0.3 is 10.2 Å². The highest BCUT2D eigenvalue weighted by Crippen LogP contribution is 2.31. The predicted molar refractivity (Wildman–Crippen MR) is 107 cm³/mol. The van der Waals surface area contributed by atoms with Gasteiger partial charge in [-0.2, -0.15) is 0 Å². The van der Waals surface area contributed by atoms with Gasteiger partial charge in [-0.1, -0.05) is 41.4 Å². The smallest absolute Gasteiger partial charge is 0.240 e. The molecule has 2 aromatic rings. The topological polar surface area (TPSA) is 49.4 Å². The zero-order valence-corrected chi connectivity index (χ0v) is 16.6. The van der Waals surface area contributed by atoms with Crippen molar-refractivity contribution in [2.75, 3.05) is 18.0 Å². The van der Waals surface area contributed by atoms with Gasteiger partial charge in [-0.15, -0.1) is 0 Å². The molecule has 0 bridgehead atoms. The fourth-order valence-electron chi connectivity index (χ4n) is 2.79. The SMILES string of the molecule is CC(=O)N(CC(=O)NCCc1ccc(Cl)cc1)c1c(C)cc(C)cc1Cl. The van der Waals surface area contributed by atoms with Gasteiger partial charge in [0.2, 0.25) is 11.8 Å². The number of nitrogens with one attached hydrogen (secondary N) is 1. The van der Waals surface area contributed by atoms with Gasteiger partial charge in [0.15, 0.2) is 0 Å². The van der Waals surface area contributed by atoms with Crippen LogP contribution >= 0.6 is 23.2 Å². The van der Waals surface area contributed by atoms with Crippen molar-refractivity contribution in [3.05, 3.63) is 63.1 Å². The van der Waals surface area contributed by atoms with Crippen molar-refractivity contribution in [3.8, 4) is 0 Å². The number of nitrogens with zero attached hydrogens (tertiary/aromatic N) is 1. The van der Waals surface area contributed by atoms with Crippen LogP contribution in [0.2, 0.25) is 10.0 Å². The predicted octanol–water partition coefficient (Wildman–Crippen LogP) is 4.32. The van der Waals surface area contributed by atoms with Crippen molar-refractivity contribution in [2.24, 2.45) is 0 Å². The molecule has 2 rings (SSSR count). The number of rotatable bonds is 6. The van der Waals surface area contributed by atoms with Crippen molar-refractivity contribution in [1.82, 2.24) is 5.32 Å². The lowest BCUT2D eigenvalue weighted by Gasteiger charge is -2.24. The molecule has 0 fully saturated rings. The fourth-order valence-corrected chi connectivity index (χ4v) is 3.34. The minimum atomic E-state index is -0.231. The van der Waals surface area contributed by atoms with Gasteiger partial charge in [-0.05, 0) is 55.2 Å². The summed E-state index contributed by atoms with van der Waals surface area (Å²) in [6.45, 7) is 5.65. The first-order valence-corrected chi connectivity index (χ1v) is 9.09. The molecule has 0 spiro atoms. The number of halogens is 2. The van der Waals surface area contributed by atoms with Gasteiger partial charge in [-0.3, -0.25) is 9.59 Å². The minimum Gasteiger partial charge on any atom is -0.354 e. The quantitative estimate of drug-likeness (QED) is 0.795.